The minimum absolute atomic E-state index is 0.0881. The normalized spacial score (nSPS) is 36.3. The van der Waals surface area contributed by atoms with Gasteiger partial charge in [0.1, 0.15) is 11.5 Å². The number of aliphatic hydroxyl groups excluding tert-OH is 1. The molecule has 0 aromatic rings. The van der Waals surface area contributed by atoms with E-state index >= 15 is 0 Å². The molecule has 2 rings (SSSR count). The Morgan fingerprint density at radius 3 is 2.83 bits per heavy atom. The van der Waals surface area contributed by atoms with E-state index < -0.39 is 5.97 Å². The second-order valence-electron chi connectivity index (χ2n) is 5.40. The highest BCUT2D eigenvalue weighted by Crippen LogP contribution is 2.52. The van der Waals surface area contributed by atoms with Crippen molar-refractivity contribution in [1.29, 1.82) is 0 Å². The maximum atomic E-state index is 11.9. The third-order valence-electron chi connectivity index (χ3n) is 4.24. The van der Waals surface area contributed by atoms with Gasteiger partial charge in [-0.3, -0.25) is 4.79 Å². The highest BCUT2D eigenvalue weighted by atomic mass is 79.9. The molecule has 1 N–H and O–H groups in total. The number of hydrogen-bond acceptors (Lipinski definition) is 4. The van der Waals surface area contributed by atoms with Gasteiger partial charge in [-0.15, -0.1) is 0 Å². The largest absolute Gasteiger partial charge is 0.512 e. The van der Waals surface area contributed by atoms with Crippen LogP contribution in [-0.4, -0.2) is 28.8 Å². The van der Waals surface area contributed by atoms with Gasteiger partial charge in [0.2, 0.25) is 0 Å². The Kier molecular flexibility index (Phi) is 3.54. The van der Waals surface area contributed by atoms with Gasteiger partial charge in [-0.05, 0) is 18.3 Å². The van der Waals surface area contributed by atoms with Crippen molar-refractivity contribution in [1.82, 2.24) is 0 Å². The van der Waals surface area contributed by atoms with E-state index in [1.54, 1.807) is 0 Å². The predicted molar refractivity (Wildman–Crippen MR) is 69.5 cm³/mol. The molecule has 100 valence electrons. The molecule has 18 heavy (non-hydrogen) atoms. The Morgan fingerprint density at radius 1 is 1.56 bits per heavy atom. The van der Waals surface area contributed by atoms with Crippen LogP contribution < -0.4 is 0 Å². The van der Waals surface area contributed by atoms with Crippen molar-refractivity contribution in [3.63, 3.8) is 0 Å². The lowest BCUT2D eigenvalue weighted by atomic mass is 9.59. The molecule has 0 saturated heterocycles. The van der Waals surface area contributed by atoms with E-state index in [-0.39, 0.29) is 27.7 Å². The summed E-state index contributed by atoms with van der Waals surface area (Å²) in [6.45, 7) is 2.08. The zero-order chi connectivity index (χ0) is 13.5. The van der Waals surface area contributed by atoms with Crippen LogP contribution in [0.5, 0.6) is 0 Å². The maximum Gasteiger partial charge on any atom is 0.337 e. The van der Waals surface area contributed by atoms with Crippen LogP contribution in [0.25, 0.3) is 0 Å². The van der Waals surface area contributed by atoms with Crippen LogP contribution >= 0.6 is 15.9 Å². The van der Waals surface area contributed by atoms with Crippen molar-refractivity contribution < 1.29 is 19.4 Å². The summed E-state index contributed by atoms with van der Waals surface area (Å²) in [5, 5.41) is 9.93. The quantitative estimate of drug-likeness (QED) is 0.596. The number of ketones is 1. The molecule has 0 unspecified atom stereocenters. The topological polar surface area (TPSA) is 63.6 Å². The number of fused-ring (bicyclic) bond motifs is 1. The molecule has 0 aromatic carbocycles. The number of methoxy groups -OCH3 is 1. The first kappa shape index (κ1) is 13.6. The molecule has 0 spiro atoms. The summed E-state index contributed by atoms with van der Waals surface area (Å²) in [6.07, 6.45) is 2.26. The third kappa shape index (κ3) is 2.09. The van der Waals surface area contributed by atoms with E-state index in [2.05, 4.69) is 22.9 Å². The van der Waals surface area contributed by atoms with Gasteiger partial charge in [-0.1, -0.05) is 22.9 Å². The van der Waals surface area contributed by atoms with Crippen LogP contribution in [0, 0.1) is 11.3 Å². The average Bonchev–Trinajstić information content (AvgIpc) is 2.32. The highest BCUT2D eigenvalue weighted by molar-refractivity contribution is 9.10. The van der Waals surface area contributed by atoms with Gasteiger partial charge in [0, 0.05) is 18.8 Å². The molecular formula is C13H17BrO4. The van der Waals surface area contributed by atoms with Crippen molar-refractivity contribution in [2.24, 2.45) is 11.3 Å². The molecule has 2 aliphatic carbocycles. The van der Waals surface area contributed by atoms with E-state index in [0.717, 1.165) is 6.42 Å². The Hall–Kier alpha value is -0.840. The van der Waals surface area contributed by atoms with E-state index in [9.17, 15) is 14.7 Å². The first-order valence-corrected chi connectivity index (χ1v) is 6.97. The van der Waals surface area contributed by atoms with E-state index in [1.807, 2.05) is 0 Å². The van der Waals surface area contributed by atoms with E-state index in [0.29, 0.717) is 24.8 Å². The Morgan fingerprint density at radius 2 is 2.22 bits per heavy atom. The minimum atomic E-state index is -0.510. The minimum Gasteiger partial charge on any atom is -0.512 e. The van der Waals surface area contributed by atoms with Crippen molar-refractivity contribution >= 4 is 27.7 Å². The molecule has 0 amide bonds. The van der Waals surface area contributed by atoms with Crippen molar-refractivity contribution in [2.45, 2.75) is 37.4 Å². The van der Waals surface area contributed by atoms with Gasteiger partial charge in [0.15, 0.2) is 0 Å². The number of carbonyl (C=O) groups is 2. The van der Waals surface area contributed by atoms with Gasteiger partial charge in [-0.2, -0.15) is 0 Å². The van der Waals surface area contributed by atoms with Crippen molar-refractivity contribution in [3.8, 4) is 0 Å². The molecule has 5 heteroatoms. The standard InChI is InChI=1S/C13H17BrO4/c1-13-4-3-9(15)11(12(17)18-2)7(13)5-10(16)8(14)6-13/h7-8,15H,3-6H2,1-2H3/t7-,8-,13-/m1/s1. The third-order valence-corrected chi connectivity index (χ3v) is 5.07. The number of alkyl halides is 1. The summed E-state index contributed by atoms with van der Waals surface area (Å²) in [4.78, 5) is 23.5. The first-order valence-electron chi connectivity index (χ1n) is 6.06. The summed E-state index contributed by atoms with van der Waals surface area (Å²) in [5.74, 6) is -0.553. The molecular weight excluding hydrogens is 300 g/mol. The van der Waals surface area contributed by atoms with Crippen LogP contribution in [0.4, 0.5) is 0 Å². The predicted octanol–water partition coefficient (Wildman–Crippen LogP) is 2.51. The van der Waals surface area contributed by atoms with Crippen LogP contribution in [-0.2, 0) is 14.3 Å². The zero-order valence-electron chi connectivity index (χ0n) is 10.5. The number of allylic oxidation sites excluding steroid dienone is 1. The molecule has 0 heterocycles. The summed E-state index contributed by atoms with van der Waals surface area (Å²) >= 11 is 3.40. The summed E-state index contributed by atoms with van der Waals surface area (Å²) in [5.41, 5.74) is 0.177. The number of ether oxygens (including phenoxy) is 1. The molecule has 2 aliphatic rings. The number of aliphatic hydroxyl groups is 1. The number of esters is 1. The average molecular weight is 317 g/mol. The van der Waals surface area contributed by atoms with Crippen LogP contribution in [0.3, 0.4) is 0 Å². The molecule has 0 bridgehead atoms. The van der Waals surface area contributed by atoms with Gasteiger partial charge >= 0.3 is 5.97 Å². The first-order chi connectivity index (χ1) is 8.39. The molecule has 3 atom stereocenters. The highest BCUT2D eigenvalue weighted by Gasteiger charge is 2.49. The second-order valence-corrected chi connectivity index (χ2v) is 6.51. The molecule has 0 aromatic heterocycles. The Balaban J connectivity index is 2.40. The number of Topliss-reactive ketones (excluding diaryl/α,β-unsaturated/α-hetero) is 1. The fourth-order valence-electron chi connectivity index (χ4n) is 3.08. The van der Waals surface area contributed by atoms with E-state index in [1.165, 1.54) is 7.11 Å². The second kappa shape index (κ2) is 4.68. The summed E-state index contributed by atoms with van der Waals surface area (Å²) in [6, 6.07) is 0. The SMILES string of the molecule is COC(=O)C1=C(O)CC[C@]2(C)C[C@@H](Br)C(=O)C[C@H]12. The molecule has 1 fully saturated rings. The van der Waals surface area contributed by atoms with Crippen LogP contribution in [0.1, 0.15) is 32.6 Å². The van der Waals surface area contributed by atoms with Crippen LogP contribution in [0.15, 0.2) is 11.3 Å². The lowest BCUT2D eigenvalue weighted by Gasteiger charge is -2.46. The zero-order valence-corrected chi connectivity index (χ0v) is 12.1. The number of rotatable bonds is 1. The Labute approximate surface area is 115 Å². The number of carbonyl (C=O) groups excluding carboxylic acids is 2. The maximum absolute atomic E-state index is 11.9. The molecule has 1 saturated carbocycles. The fourth-order valence-corrected chi connectivity index (χ4v) is 4.00. The van der Waals surface area contributed by atoms with Gasteiger partial charge < -0.3 is 9.84 Å². The summed E-state index contributed by atoms with van der Waals surface area (Å²) in [7, 11) is 1.30. The van der Waals surface area contributed by atoms with E-state index in [4.69, 9.17) is 4.74 Å². The molecule has 0 radical (unpaired) electrons. The van der Waals surface area contributed by atoms with Crippen molar-refractivity contribution in [3.05, 3.63) is 11.3 Å². The molecule has 4 nitrogen and oxygen atoms in total. The monoisotopic (exact) mass is 316 g/mol. The van der Waals surface area contributed by atoms with Gasteiger partial charge in [0.05, 0.1) is 17.5 Å². The van der Waals surface area contributed by atoms with Gasteiger partial charge in [0.25, 0.3) is 0 Å². The van der Waals surface area contributed by atoms with Crippen molar-refractivity contribution in [2.75, 3.05) is 7.11 Å². The molecule has 0 aliphatic heterocycles. The van der Waals surface area contributed by atoms with Crippen LogP contribution in [0.2, 0.25) is 0 Å². The number of hydrogen-bond donors (Lipinski definition) is 1. The van der Waals surface area contributed by atoms with Gasteiger partial charge in [-0.25, -0.2) is 4.79 Å². The lowest BCUT2D eigenvalue weighted by Crippen LogP contribution is -2.45. The summed E-state index contributed by atoms with van der Waals surface area (Å²) < 4.78 is 4.74. The fraction of sp³-hybridized carbons (Fsp3) is 0.692. The number of halogens is 1. The smallest absolute Gasteiger partial charge is 0.337 e. The lowest BCUT2D eigenvalue weighted by molar-refractivity contribution is -0.138. The Bertz CT molecular complexity index is 429.